The van der Waals surface area contributed by atoms with Gasteiger partial charge >= 0.3 is 0 Å². The summed E-state index contributed by atoms with van der Waals surface area (Å²) in [4.78, 5) is 36.6. The third-order valence-corrected chi connectivity index (χ3v) is 5.86. The number of amides is 2. The molecule has 0 saturated carbocycles. The van der Waals surface area contributed by atoms with Gasteiger partial charge in [0, 0.05) is 42.5 Å². The van der Waals surface area contributed by atoms with E-state index in [2.05, 4.69) is 5.32 Å². The number of aromatic nitrogens is 2. The molecular formula is C24H32N4O4. The molecule has 0 radical (unpaired) electrons. The number of hydrogen-bond acceptors (Lipinski definition) is 6. The van der Waals surface area contributed by atoms with Crippen LogP contribution in [0.4, 0.5) is 0 Å². The maximum absolute atomic E-state index is 13.3. The zero-order valence-corrected chi connectivity index (χ0v) is 19.5. The van der Waals surface area contributed by atoms with E-state index in [0.717, 1.165) is 35.6 Å². The van der Waals surface area contributed by atoms with Crippen LogP contribution in [0, 0.1) is 13.8 Å². The smallest absolute Gasteiger partial charge is 0.257 e. The van der Waals surface area contributed by atoms with Gasteiger partial charge in [0.1, 0.15) is 17.3 Å². The van der Waals surface area contributed by atoms with E-state index in [9.17, 15) is 9.59 Å². The summed E-state index contributed by atoms with van der Waals surface area (Å²) in [6, 6.07) is 5.23. The lowest BCUT2D eigenvalue weighted by Crippen LogP contribution is -2.39. The molecule has 32 heavy (non-hydrogen) atoms. The number of nitrogens with zero attached hydrogens (tertiary/aromatic N) is 3. The monoisotopic (exact) mass is 440 g/mol. The fourth-order valence-electron chi connectivity index (χ4n) is 4.15. The predicted molar refractivity (Wildman–Crippen MR) is 121 cm³/mol. The van der Waals surface area contributed by atoms with E-state index in [1.165, 1.54) is 0 Å². The highest BCUT2D eigenvalue weighted by Gasteiger charge is 2.29. The van der Waals surface area contributed by atoms with Crippen LogP contribution in [0.25, 0.3) is 0 Å². The van der Waals surface area contributed by atoms with E-state index < -0.39 is 0 Å². The van der Waals surface area contributed by atoms with E-state index in [4.69, 9.17) is 19.4 Å². The van der Waals surface area contributed by atoms with Gasteiger partial charge < -0.3 is 19.7 Å². The lowest BCUT2D eigenvalue weighted by molar-refractivity contribution is -0.120. The Kier molecular flexibility index (Phi) is 7.66. The van der Waals surface area contributed by atoms with E-state index in [1.54, 1.807) is 32.4 Å². The quantitative estimate of drug-likeness (QED) is 0.712. The van der Waals surface area contributed by atoms with Gasteiger partial charge in [0.25, 0.3) is 5.91 Å². The molecule has 1 aliphatic rings. The van der Waals surface area contributed by atoms with Crippen molar-refractivity contribution in [3.8, 4) is 11.5 Å². The van der Waals surface area contributed by atoms with Crippen LogP contribution < -0.4 is 14.8 Å². The highest BCUT2D eigenvalue weighted by atomic mass is 16.5. The molecule has 1 aromatic carbocycles. The summed E-state index contributed by atoms with van der Waals surface area (Å²) in [6.45, 7) is 7.53. The molecule has 3 rings (SSSR count). The van der Waals surface area contributed by atoms with Gasteiger partial charge in [-0.1, -0.05) is 0 Å². The third-order valence-electron chi connectivity index (χ3n) is 5.86. The molecular weight excluding hydrogens is 408 g/mol. The zero-order chi connectivity index (χ0) is 23.3. The number of ether oxygens (including phenoxy) is 2. The summed E-state index contributed by atoms with van der Waals surface area (Å²) in [6.07, 6.45) is 2.05. The van der Waals surface area contributed by atoms with Crippen LogP contribution in [-0.4, -0.2) is 60.5 Å². The first-order chi connectivity index (χ1) is 15.4. The van der Waals surface area contributed by atoms with Crippen molar-refractivity contribution >= 4 is 11.8 Å². The third kappa shape index (κ3) is 5.18. The van der Waals surface area contributed by atoms with Crippen molar-refractivity contribution in [1.82, 2.24) is 20.2 Å². The summed E-state index contributed by atoms with van der Waals surface area (Å²) in [5.74, 6) is 1.79. The maximum Gasteiger partial charge on any atom is 0.257 e. The second-order valence-corrected chi connectivity index (χ2v) is 8.02. The SMILES string of the molecule is CCNC(=O)Cc1c(C)nc(C2CCCN(C(=O)c3cc(OC)ccc3OC)C2)nc1C. The standard InChI is InChI=1S/C24H32N4O4/c1-6-25-22(29)13-19-15(2)26-23(27-16(19)3)17-8-7-11-28(14-17)24(30)20-12-18(31-4)9-10-21(20)32-5/h9-10,12,17H,6-8,11,13-14H2,1-5H3,(H,25,29). The van der Waals surface area contributed by atoms with Crippen molar-refractivity contribution < 1.29 is 19.1 Å². The van der Waals surface area contributed by atoms with Gasteiger partial charge in [-0.15, -0.1) is 0 Å². The molecule has 8 nitrogen and oxygen atoms in total. The number of hydrogen-bond donors (Lipinski definition) is 1. The number of aryl methyl sites for hydroxylation is 2. The van der Waals surface area contributed by atoms with Crippen LogP contribution in [0.5, 0.6) is 11.5 Å². The van der Waals surface area contributed by atoms with Crippen LogP contribution in [0.2, 0.25) is 0 Å². The molecule has 1 unspecified atom stereocenters. The summed E-state index contributed by atoms with van der Waals surface area (Å²) >= 11 is 0. The Morgan fingerprint density at radius 2 is 1.88 bits per heavy atom. The second kappa shape index (κ2) is 10.4. The number of nitrogens with one attached hydrogen (secondary N) is 1. The summed E-state index contributed by atoms with van der Waals surface area (Å²) in [5.41, 5.74) is 2.98. The first kappa shape index (κ1) is 23.5. The molecule has 1 atom stereocenters. The minimum absolute atomic E-state index is 0.0308. The van der Waals surface area contributed by atoms with Crippen molar-refractivity contribution in [2.45, 2.75) is 46.0 Å². The molecule has 2 heterocycles. The number of piperidine rings is 1. The van der Waals surface area contributed by atoms with Gasteiger partial charge in [-0.05, 0) is 51.8 Å². The number of likely N-dealkylation sites (tertiary alicyclic amines) is 1. The van der Waals surface area contributed by atoms with Gasteiger partial charge in [-0.25, -0.2) is 9.97 Å². The number of likely N-dealkylation sites (N-methyl/N-ethyl adjacent to an activating group) is 1. The fraction of sp³-hybridized carbons (Fsp3) is 0.500. The Bertz CT molecular complexity index is 969. The van der Waals surface area contributed by atoms with Crippen LogP contribution in [0.3, 0.4) is 0 Å². The van der Waals surface area contributed by atoms with Crippen molar-refractivity contribution in [2.24, 2.45) is 0 Å². The molecule has 1 N–H and O–H groups in total. The normalized spacial score (nSPS) is 15.9. The van der Waals surface area contributed by atoms with Gasteiger partial charge in [0.05, 0.1) is 26.2 Å². The Morgan fingerprint density at radius 1 is 1.16 bits per heavy atom. The predicted octanol–water partition coefficient (Wildman–Crippen LogP) is 2.81. The molecule has 2 amide bonds. The lowest BCUT2D eigenvalue weighted by Gasteiger charge is -2.32. The number of rotatable bonds is 7. The molecule has 1 saturated heterocycles. The van der Waals surface area contributed by atoms with E-state index >= 15 is 0 Å². The molecule has 8 heteroatoms. The van der Waals surface area contributed by atoms with Crippen molar-refractivity contribution in [2.75, 3.05) is 33.9 Å². The summed E-state index contributed by atoms with van der Waals surface area (Å²) < 4.78 is 10.7. The highest BCUT2D eigenvalue weighted by molar-refractivity contribution is 5.97. The van der Waals surface area contributed by atoms with E-state index in [-0.39, 0.29) is 24.2 Å². The molecule has 0 bridgehead atoms. The topological polar surface area (TPSA) is 93.7 Å². The minimum Gasteiger partial charge on any atom is -0.497 e. The lowest BCUT2D eigenvalue weighted by atomic mass is 9.95. The number of carbonyl (C=O) groups is 2. The van der Waals surface area contributed by atoms with Crippen LogP contribution in [0.15, 0.2) is 18.2 Å². The molecule has 1 fully saturated rings. The Hall–Kier alpha value is -3.16. The van der Waals surface area contributed by atoms with Crippen LogP contribution in [-0.2, 0) is 11.2 Å². The molecule has 1 aromatic heterocycles. The average molecular weight is 441 g/mol. The number of benzene rings is 1. The fourth-order valence-corrected chi connectivity index (χ4v) is 4.15. The Morgan fingerprint density at radius 3 is 2.50 bits per heavy atom. The molecule has 0 spiro atoms. The highest BCUT2D eigenvalue weighted by Crippen LogP contribution is 2.30. The number of carbonyl (C=O) groups excluding carboxylic acids is 2. The van der Waals surface area contributed by atoms with E-state index in [0.29, 0.717) is 36.7 Å². The molecule has 2 aromatic rings. The van der Waals surface area contributed by atoms with Gasteiger partial charge in [-0.2, -0.15) is 0 Å². The van der Waals surface area contributed by atoms with Crippen molar-refractivity contribution in [3.05, 3.63) is 46.5 Å². The Labute approximate surface area is 189 Å². The number of methoxy groups -OCH3 is 2. The van der Waals surface area contributed by atoms with Crippen LogP contribution in [0.1, 0.15) is 58.8 Å². The van der Waals surface area contributed by atoms with Crippen molar-refractivity contribution in [1.29, 1.82) is 0 Å². The molecule has 172 valence electrons. The van der Waals surface area contributed by atoms with Gasteiger partial charge in [0.2, 0.25) is 5.91 Å². The minimum atomic E-state index is -0.0910. The molecule has 0 aliphatic carbocycles. The van der Waals surface area contributed by atoms with E-state index in [1.807, 2.05) is 25.7 Å². The molecule has 1 aliphatic heterocycles. The van der Waals surface area contributed by atoms with Crippen molar-refractivity contribution in [3.63, 3.8) is 0 Å². The van der Waals surface area contributed by atoms with Gasteiger partial charge in [-0.3, -0.25) is 9.59 Å². The first-order valence-corrected chi connectivity index (χ1v) is 11.0. The zero-order valence-electron chi connectivity index (χ0n) is 19.5. The largest absolute Gasteiger partial charge is 0.497 e. The Balaban J connectivity index is 1.80. The average Bonchev–Trinajstić information content (AvgIpc) is 2.80. The summed E-state index contributed by atoms with van der Waals surface area (Å²) in [5, 5.41) is 2.82. The van der Waals surface area contributed by atoms with Crippen LogP contribution >= 0.6 is 0 Å². The summed E-state index contributed by atoms with van der Waals surface area (Å²) in [7, 11) is 3.13. The van der Waals surface area contributed by atoms with Gasteiger partial charge in [0.15, 0.2) is 0 Å². The maximum atomic E-state index is 13.3. The first-order valence-electron chi connectivity index (χ1n) is 11.0. The second-order valence-electron chi connectivity index (χ2n) is 8.02.